The Morgan fingerprint density at radius 1 is 0.788 bits per heavy atom. The van der Waals surface area contributed by atoms with Gasteiger partial charge < -0.3 is 8.98 Å². The molecule has 0 saturated heterocycles. The van der Waals surface area contributed by atoms with Crippen molar-refractivity contribution in [3.63, 3.8) is 0 Å². The zero-order valence-corrected chi connectivity index (χ0v) is 21.0. The Bertz CT molecular complexity index is 1060. The van der Waals surface area contributed by atoms with E-state index in [1.54, 1.807) is 0 Å². The molecular formula is C23H25F3O4S2Si. The summed E-state index contributed by atoms with van der Waals surface area (Å²) in [6, 6.07) is 30.1. The van der Waals surface area contributed by atoms with Gasteiger partial charge in [0.05, 0.1) is 10.9 Å². The summed E-state index contributed by atoms with van der Waals surface area (Å²) in [5.74, 6) is -1.32. The topological polar surface area (TPSA) is 66.4 Å². The number of hydrogen-bond acceptors (Lipinski definition) is 4. The maximum Gasteiger partial charge on any atom is 0.401 e. The molecule has 0 aliphatic carbocycles. The second kappa shape index (κ2) is 11.2. The molecule has 0 spiro atoms. The van der Waals surface area contributed by atoms with Crippen LogP contribution in [0.25, 0.3) is 0 Å². The Morgan fingerprint density at radius 3 is 1.48 bits per heavy atom. The summed E-state index contributed by atoms with van der Waals surface area (Å²) in [6.45, 7) is 6.62. The molecule has 0 saturated carbocycles. The molecule has 3 aromatic carbocycles. The van der Waals surface area contributed by atoms with Crippen molar-refractivity contribution in [2.24, 2.45) is 0 Å². The predicted octanol–water partition coefficient (Wildman–Crippen LogP) is 6.09. The van der Waals surface area contributed by atoms with Gasteiger partial charge in [-0.15, -0.1) is 0 Å². The number of hydrogen-bond donors (Lipinski definition) is 0. The lowest BCUT2D eigenvalue weighted by atomic mass is 10.3. The van der Waals surface area contributed by atoms with Crippen LogP contribution in [-0.2, 0) is 21.0 Å². The van der Waals surface area contributed by atoms with E-state index in [-0.39, 0.29) is 10.9 Å². The molecule has 3 rings (SSSR count). The van der Waals surface area contributed by atoms with Crippen LogP contribution in [0.4, 0.5) is 13.2 Å². The van der Waals surface area contributed by atoms with E-state index in [1.807, 2.05) is 0 Å². The zero-order chi connectivity index (χ0) is 24.7. The highest BCUT2D eigenvalue weighted by Gasteiger charge is 2.30. The summed E-state index contributed by atoms with van der Waals surface area (Å²) in [4.78, 5) is 3.99. The van der Waals surface area contributed by atoms with Crippen molar-refractivity contribution in [1.29, 1.82) is 0 Å². The van der Waals surface area contributed by atoms with Gasteiger partial charge in [0.2, 0.25) is 8.32 Å². The first-order valence-corrected chi connectivity index (χ1v) is 16.1. The van der Waals surface area contributed by atoms with E-state index in [0.29, 0.717) is 0 Å². The summed E-state index contributed by atoms with van der Waals surface area (Å²) in [6.07, 6.45) is -4.92. The minimum atomic E-state index is -5.16. The van der Waals surface area contributed by atoms with Crippen molar-refractivity contribution in [2.75, 3.05) is 5.75 Å². The van der Waals surface area contributed by atoms with E-state index in [9.17, 15) is 26.1 Å². The molecule has 0 aliphatic rings. The third-order valence-electron chi connectivity index (χ3n) is 3.78. The smallest absolute Gasteiger partial charge is 0.401 e. The van der Waals surface area contributed by atoms with Gasteiger partial charge in [0.1, 0.15) is 21.6 Å². The van der Waals surface area contributed by atoms with Crippen LogP contribution in [0.3, 0.4) is 0 Å². The number of alkyl halides is 3. The zero-order valence-electron chi connectivity index (χ0n) is 18.4. The quantitative estimate of drug-likeness (QED) is 0.227. The minimum Gasteiger partial charge on any atom is -0.748 e. The Morgan fingerprint density at radius 2 is 1.18 bits per heavy atom. The van der Waals surface area contributed by atoms with Crippen molar-refractivity contribution >= 4 is 29.3 Å². The monoisotopic (exact) mass is 514 g/mol. The van der Waals surface area contributed by atoms with E-state index < -0.39 is 30.4 Å². The van der Waals surface area contributed by atoms with Crippen LogP contribution < -0.4 is 4.43 Å². The van der Waals surface area contributed by atoms with Crippen molar-refractivity contribution in [2.45, 2.75) is 40.5 Å². The molecular weight excluding hydrogens is 489 g/mol. The third kappa shape index (κ3) is 10.5. The average molecular weight is 515 g/mol. The van der Waals surface area contributed by atoms with Crippen LogP contribution in [0.1, 0.15) is 0 Å². The largest absolute Gasteiger partial charge is 0.748 e. The van der Waals surface area contributed by atoms with Gasteiger partial charge in [-0.2, -0.15) is 13.2 Å². The molecule has 0 amide bonds. The van der Waals surface area contributed by atoms with Gasteiger partial charge in [-0.05, 0) is 68.2 Å². The third-order valence-corrected chi connectivity index (χ3v) is 7.54. The maximum atomic E-state index is 11.0. The normalized spacial score (nSPS) is 12.1. The van der Waals surface area contributed by atoms with E-state index in [2.05, 4.69) is 105 Å². The Kier molecular flexibility index (Phi) is 9.18. The van der Waals surface area contributed by atoms with E-state index >= 15 is 0 Å². The van der Waals surface area contributed by atoms with E-state index in [1.165, 1.54) is 14.7 Å². The maximum absolute atomic E-state index is 11.0. The summed E-state index contributed by atoms with van der Waals surface area (Å²) in [5, 5.41) is 0. The molecule has 0 atom stereocenters. The molecule has 10 heteroatoms. The number of halogens is 3. The molecule has 3 aromatic rings. The molecule has 0 fully saturated rings. The van der Waals surface area contributed by atoms with Gasteiger partial charge in [0, 0.05) is 0 Å². The molecule has 0 bridgehead atoms. The molecule has 0 aromatic heterocycles. The summed E-state index contributed by atoms with van der Waals surface area (Å²) in [7, 11) is -6.82. The lowest BCUT2D eigenvalue weighted by molar-refractivity contribution is -0.107. The molecule has 4 nitrogen and oxygen atoms in total. The summed E-state index contributed by atoms with van der Waals surface area (Å²) < 4.78 is 67.1. The highest BCUT2D eigenvalue weighted by molar-refractivity contribution is 7.97. The summed E-state index contributed by atoms with van der Waals surface area (Å²) in [5.41, 5.74) is 0. The van der Waals surface area contributed by atoms with Gasteiger partial charge >= 0.3 is 6.18 Å². The van der Waals surface area contributed by atoms with Crippen LogP contribution in [0.2, 0.25) is 19.6 Å². The highest BCUT2D eigenvalue weighted by Crippen LogP contribution is 2.32. The number of rotatable bonds is 6. The summed E-state index contributed by atoms with van der Waals surface area (Å²) >= 11 is 0. The molecule has 0 heterocycles. The lowest BCUT2D eigenvalue weighted by Crippen LogP contribution is -2.29. The fourth-order valence-corrected chi connectivity index (χ4v) is 6.05. The van der Waals surface area contributed by atoms with Crippen molar-refractivity contribution in [3.05, 3.63) is 84.9 Å². The minimum absolute atomic E-state index is 0.0903. The van der Waals surface area contributed by atoms with Gasteiger partial charge in [-0.3, -0.25) is 0 Å². The second-order valence-corrected chi connectivity index (χ2v) is 15.8. The first-order chi connectivity index (χ1) is 15.2. The van der Waals surface area contributed by atoms with Gasteiger partial charge in [0.15, 0.2) is 14.7 Å². The highest BCUT2D eigenvalue weighted by atomic mass is 32.2. The molecule has 0 radical (unpaired) electrons. The molecule has 33 heavy (non-hydrogen) atoms. The van der Waals surface area contributed by atoms with E-state index in [4.69, 9.17) is 4.43 Å². The van der Waals surface area contributed by atoms with Gasteiger partial charge in [-0.25, -0.2) is 8.42 Å². The Hall–Kier alpha value is -2.27. The van der Waals surface area contributed by atoms with Crippen LogP contribution in [0.5, 0.6) is 5.75 Å². The predicted molar refractivity (Wildman–Crippen MR) is 126 cm³/mol. The van der Waals surface area contributed by atoms with Crippen LogP contribution >= 0.6 is 0 Å². The first-order valence-electron chi connectivity index (χ1n) is 9.87. The fourth-order valence-electron chi connectivity index (χ4n) is 2.72. The van der Waals surface area contributed by atoms with Crippen LogP contribution in [0, 0.1) is 0 Å². The van der Waals surface area contributed by atoms with Gasteiger partial charge in [-0.1, -0.05) is 36.4 Å². The SMILES string of the molecule is C[Si](C)(C)Oc1ccc([S+](c2ccccc2)c2ccccc2)cc1.O=S(=O)([O-])CC(F)(F)F. The van der Waals surface area contributed by atoms with Crippen molar-refractivity contribution in [1.82, 2.24) is 0 Å². The van der Waals surface area contributed by atoms with Gasteiger partial charge in [0.25, 0.3) is 0 Å². The van der Waals surface area contributed by atoms with E-state index in [0.717, 1.165) is 5.75 Å². The Balaban J connectivity index is 0.000000365. The number of benzene rings is 3. The average Bonchev–Trinajstić information content (AvgIpc) is 2.68. The fraction of sp³-hybridized carbons (Fsp3) is 0.217. The first kappa shape index (κ1) is 27.0. The second-order valence-electron chi connectivity index (χ2n) is 7.94. The molecule has 0 unspecified atom stereocenters. The van der Waals surface area contributed by atoms with Crippen molar-refractivity contribution in [3.8, 4) is 5.75 Å². The standard InChI is InChI=1S/C21H23OSSi.C2H3F3O3S/c1-24(2,3)22-18-14-16-21(17-15-18)23(19-10-6-4-7-11-19)20-12-8-5-9-13-20;3-2(4,5)1-9(6,7)8/h4-17H,1-3H3;1H2,(H,6,7,8)/q+1;/p-1. The van der Waals surface area contributed by atoms with Crippen LogP contribution in [0.15, 0.2) is 99.6 Å². The van der Waals surface area contributed by atoms with Crippen molar-refractivity contribution < 1.29 is 30.6 Å². The lowest BCUT2D eigenvalue weighted by Gasteiger charge is -2.19. The Labute approximate surface area is 196 Å². The van der Waals surface area contributed by atoms with Crippen LogP contribution in [-0.4, -0.2) is 33.2 Å². The molecule has 0 aliphatic heterocycles. The molecule has 0 N–H and O–H groups in total. The molecule has 178 valence electrons.